The molecule has 0 aliphatic rings. The summed E-state index contributed by atoms with van der Waals surface area (Å²) in [6, 6.07) is 9.30. The minimum atomic E-state index is -0.931. The highest BCUT2D eigenvalue weighted by Gasteiger charge is 2.17. The van der Waals surface area contributed by atoms with Gasteiger partial charge in [-0.05, 0) is 19.4 Å². The Balaban J connectivity index is 2.36. The molecule has 0 radical (unpaired) electrons. The Bertz CT molecular complexity index is 529. The lowest BCUT2D eigenvalue weighted by Gasteiger charge is -2.26. The molecule has 0 atom stereocenters. The first-order valence-electron chi connectivity index (χ1n) is 7.72. The number of benzene rings is 1. The molecule has 0 saturated heterocycles. The molecule has 1 aromatic rings. The van der Waals surface area contributed by atoms with Gasteiger partial charge in [0.1, 0.15) is 0 Å². The van der Waals surface area contributed by atoms with Crippen molar-refractivity contribution in [2.24, 2.45) is 0 Å². The second-order valence-corrected chi connectivity index (χ2v) is 5.59. The molecule has 2 amide bonds. The molecule has 23 heavy (non-hydrogen) atoms. The Kier molecular flexibility index (Phi) is 7.80. The lowest BCUT2D eigenvalue weighted by molar-refractivity contribution is -0.139. The topological polar surface area (TPSA) is 86.7 Å². The van der Waals surface area contributed by atoms with Crippen LogP contribution in [0.1, 0.15) is 32.3 Å². The summed E-state index contributed by atoms with van der Waals surface area (Å²) in [5, 5.41) is 11.4. The molecule has 0 aliphatic carbocycles. The maximum absolute atomic E-state index is 12.1. The van der Waals surface area contributed by atoms with Gasteiger partial charge in [-0.3, -0.25) is 14.4 Å². The van der Waals surface area contributed by atoms with Crippen molar-refractivity contribution in [1.82, 2.24) is 10.2 Å². The van der Waals surface area contributed by atoms with E-state index in [4.69, 9.17) is 5.11 Å². The maximum Gasteiger partial charge on any atom is 0.305 e. The van der Waals surface area contributed by atoms with Gasteiger partial charge in [0.15, 0.2) is 0 Å². The Morgan fingerprint density at radius 3 is 2.35 bits per heavy atom. The van der Waals surface area contributed by atoms with Crippen molar-refractivity contribution in [2.45, 2.75) is 39.2 Å². The zero-order valence-electron chi connectivity index (χ0n) is 13.6. The number of hydrogen-bond donors (Lipinski definition) is 2. The van der Waals surface area contributed by atoms with Gasteiger partial charge in [-0.25, -0.2) is 0 Å². The van der Waals surface area contributed by atoms with Crippen LogP contribution in [-0.4, -0.2) is 46.9 Å². The molecule has 0 saturated carbocycles. The summed E-state index contributed by atoms with van der Waals surface area (Å²) < 4.78 is 0. The van der Waals surface area contributed by atoms with Crippen molar-refractivity contribution >= 4 is 17.8 Å². The van der Waals surface area contributed by atoms with Crippen LogP contribution in [0.5, 0.6) is 0 Å². The molecule has 0 unspecified atom stereocenters. The smallest absolute Gasteiger partial charge is 0.305 e. The van der Waals surface area contributed by atoms with Gasteiger partial charge >= 0.3 is 5.97 Å². The third-order valence-corrected chi connectivity index (χ3v) is 3.38. The van der Waals surface area contributed by atoms with Gasteiger partial charge in [0.25, 0.3) is 0 Å². The Morgan fingerprint density at radius 2 is 1.78 bits per heavy atom. The standard InChI is InChI=1S/C17H24N2O4/c1-13(2)19(11-9-17(22)23)16(21)8-10-18-15(20)12-14-6-4-3-5-7-14/h3-7,13H,8-12H2,1-2H3,(H,18,20)(H,22,23). The molecule has 2 N–H and O–H groups in total. The monoisotopic (exact) mass is 320 g/mol. The summed E-state index contributed by atoms with van der Waals surface area (Å²) in [6.45, 7) is 4.12. The lowest BCUT2D eigenvalue weighted by atomic mass is 10.1. The molecular formula is C17H24N2O4. The summed E-state index contributed by atoms with van der Waals surface area (Å²) in [7, 11) is 0. The molecule has 0 aliphatic heterocycles. The quantitative estimate of drug-likeness (QED) is 0.721. The van der Waals surface area contributed by atoms with Crippen molar-refractivity contribution in [3.8, 4) is 0 Å². The number of carboxylic acids is 1. The zero-order chi connectivity index (χ0) is 17.2. The van der Waals surface area contributed by atoms with E-state index in [0.717, 1.165) is 5.56 Å². The second kappa shape index (κ2) is 9.61. The summed E-state index contributed by atoms with van der Waals surface area (Å²) in [5.41, 5.74) is 0.918. The predicted octanol–water partition coefficient (Wildman–Crippen LogP) is 1.45. The van der Waals surface area contributed by atoms with Gasteiger partial charge in [0, 0.05) is 25.6 Å². The van der Waals surface area contributed by atoms with E-state index < -0.39 is 5.97 Å². The van der Waals surface area contributed by atoms with Gasteiger partial charge in [-0.1, -0.05) is 30.3 Å². The Morgan fingerprint density at radius 1 is 1.13 bits per heavy atom. The number of nitrogens with zero attached hydrogens (tertiary/aromatic N) is 1. The highest BCUT2D eigenvalue weighted by molar-refractivity contribution is 5.80. The third kappa shape index (κ3) is 7.44. The van der Waals surface area contributed by atoms with E-state index in [-0.39, 0.29) is 50.2 Å². The lowest BCUT2D eigenvalue weighted by Crippen LogP contribution is -2.40. The predicted molar refractivity (Wildman–Crippen MR) is 86.9 cm³/mol. The molecule has 0 spiro atoms. The van der Waals surface area contributed by atoms with Crippen molar-refractivity contribution < 1.29 is 19.5 Å². The van der Waals surface area contributed by atoms with Crippen LogP contribution in [0.3, 0.4) is 0 Å². The average Bonchev–Trinajstić information content (AvgIpc) is 2.47. The van der Waals surface area contributed by atoms with E-state index in [1.165, 1.54) is 4.90 Å². The first kappa shape index (κ1) is 18.7. The number of carbonyl (C=O) groups is 3. The number of nitrogens with one attached hydrogen (secondary N) is 1. The van der Waals surface area contributed by atoms with Crippen LogP contribution in [0, 0.1) is 0 Å². The molecular weight excluding hydrogens is 296 g/mol. The van der Waals surface area contributed by atoms with E-state index in [1.807, 2.05) is 44.2 Å². The van der Waals surface area contributed by atoms with Gasteiger partial charge in [0.05, 0.1) is 12.8 Å². The summed E-state index contributed by atoms with van der Waals surface area (Å²) >= 11 is 0. The average molecular weight is 320 g/mol. The van der Waals surface area contributed by atoms with Gasteiger partial charge in [-0.2, -0.15) is 0 Å². The van der Waals surface area contributed by atoms with E-state index in [9.17, 15) is 14.4 Å². The number of rotatable bonds is 9. The van der Waals surface area contributed by atoms with Crippen LogP contribution in [0.25, 0.3) is 0 Å². The molecule has 6 heteroatoms. The van der Waals surface area contributed by atoms with Crippen molar-refractivity contribution in [2.75, 3.05) is 13.1 Å². The van der Waals surface area contributed by atoms with E-state index in [1.54, 1.807) is 0 Å². The normalized spacial score (nSPS) is 10.4. The van der Waals surface area contributed by atoms with Crippen LogP contribution >= 0.6 is 0 Å². The SMILES string of the molecule is CC(C)N(CCC(=O)O)C(=O)CCNC(=O)Cc1ccccc1. The first-order valence-corrected chi connectivity index (χ1v) is 7.72. The number of carbonyl (C=O) groups excluding carboxylic acids is 2. The number of hydrogen-bond acceptors (Lipinski definition) is 3. The number of aliphatic carboxylic acids is 1. The molecule has 0 heterocycles. The highest BCUT2D eigenvalue weighted by Crippen LogP contribution is 2.03. The molecule has 0 aromatic heterocycles. The van der Waals surface area contributed by atoms with E-state index >= 15 is 0 Å². The largest absolute Gasteiger partial charge is 0.481 e. The van der Waals surface area contributed by atoms with E-state index in [0.29, 0.717) is 0 Å². The van der Waals surface area contributed by atoms with Crippen molar-refractivity contribution in [1.29, 1.82) is 0 Å². The molecule has 1 aromatic carbocycles. The summed E-state index contributed by atoms with van der Waals surface area (Å²) in [5.74, 6) is -1.22. The van der Waals surface area contributed by atoms with Crippen LogP contribution in [0.4, 0.5) is 0 Å². The van der Waals surface area contributed by atoms with Crippen molar-refractivity contribution in [3.63, 3.8) is 0 Å². The van der Waals surface area contributed by atoms with Crippen LogP contribution < -0.4 is 5.32 Å². The van der Waals surface area contributed by atoms with Crippen LogP contribution in [0.15, 0.2) is 30.3 Å². The van der Waals surface area contributed by atoms with Crippen LogP contribution in [0.2, 0.25) is 0 Å². The zero-order valence-corrected chi connectivity index (χ0v) is 13.6. The minimum Gasteiger partial charge on any atom is -0.481 e. The second-order valence-electron chi connectivity index (χ2n) is 5.59. The molecule has 1 rings (SSSR count). The Labute approximate surface area is 136 Å². The highest BCUT2D eigenvalue weighted by atomic mass is 16.4. The molecule has 126 valence electrons. The van der Waals surface area contributed by atoms with Crippen molar-refractivity contribution in [3.05, 3.63) is 35.9 Å². The third-order valence-electron chi connectivity index (χ3n) is 3.38. The first-order chi connectivity index (χ1) is 10.9. The fourth-order valence-corrected chi connectivity index (χ4v) is 2.18. The Hall–Kier alpha value is -2.37. The number of amides is 2. The fraction of sp³-hybridized carbons (Fsp3) is 0.471. The summed E-state index contributed by atoms with van der Waals surface area (Å²) in [6.07, 6.45) is 0.366. The summed E-state index contributed by atoms with van der Waals surface area (Å²) in [4.78, 5) is 36.1. The fourth-order valence-electron chi connectivity index (χ4n) is 2.18. The van der Waals surface area contributed by atoms with Gasteiger partial charge in [0.2, 0.25) is 11.8 Å². The minimum absolute atomic E-state index is 0.0677. The maximum atomic E-state index is 12.1. The van der Waals surface area contributed by atoms with Gasteiger partial charge < -0.3 is 15.3 Å². The van der Waals surface area contributed by atoms with Crippen LogP contribution in [-0.2, 0) is 20.8 Å². The van der Waals surface area contributed by atoms with E-state index in [2.05, 4.69) is 5.32 Å². The number of carboxylic acid groups (broad SMARTS) is 1. The molecule has 0 fully saturated rings. The van der Waals surface area contributed by atoms with Gasteiger partial charge in [-0.15, -0.1) is 0 Å². The molecule has 6 nitrogen and oxygen atoms in total. The molecule has 0 bridgehead atoms.